The maximum atomic E-state index is 12.1. The topological polar surface area (TPSA) is 87.3 Å². The molecule has 2 fully saturated rings. The Balaban J connectivity index is 1.47. The van der Waals surface area contributed by atoms with Crippen LogP contribution in [0.5, 0.6) is 0 Å². The van der Waals surface area contributed by atoms with Crippen LogP contribution in [0, 0.1) is 11.8 Å². The molecule has 2 heterocycles. The first-order valence-corrected chi connectivity index (χ1v) is 8.53. The highest BCUT2D eigenvalue weighted by Gasteiger charge is 2.30. The zero-order valence-corrected chi connectivity index (χ0v) is 13.6. The minimum atomic E-state index is -0.294. The van der Waals surface area contributed by atoms with Gasteiger partial charge in [0.25, 0.3) is 5.91 Å². The lowest BCUT2D eigenvalue weighted by Crippen LogP contribution is -2.26. The Kier molecular flexibility index (Phi) is 5.25. The molecule has 0 spiro atoms. The minimum absolute atomic E-state index is 0.0682. The van der Waals surface area contributed by atoms with Crippen LogP contribution in [0.25, 0.3) is 0 Å². The Bertz CT molecular complexity index is 621. The van der Waals surface area contributed by atoms with Crippen molar-refractivity contribution in [3.05, 3.63) is 35.4 Å². The smallest absolute Gasteiger partial charge is 0.251 e. The molecule has 24 heavy (non-hydrogen) atoms. The van der Waals surface area contributed by atoms with E-state index in [1.54, 1.807) is 12.1 Å². The summed E-state index contributed by atoms with van der Waals surface area (Å²) < 4.78 is 0. The second kappa shape index (κ2) is 7.57. The van der Waals surface area contributed by atoms with Crippen LogP contribution in [0.1, 0.15) is 35.2 Å². The van der Waals surface area contributed by atoms with Gasteiger partial charge in [-0.1, -0.05) is 12.1 Å². The molecule has 2 unspecified atom stereocenters. The van der Waals surface area contributed by atoms with Gasteiger partial charge in [0, 0.05) is 18.5 Å². The summed E-state index contributed by atoms with van der Waals surface area (Å²) in [4.78, 5) is 34.9. The van der Waals surface area contributed by atoms with Crippen molar-refractivity contribution >= 4 is 17.7 Å². The average molecular weight is 329 g/mol. The Morgan fingerprint density at radius 3 is 2.62 bits per heavy atom. The largest absolute Gasteiger partial charge is 0.352 e. The van der Waals surface area contributed by atoms with E-state index in [9.17, 15) is 14.4 Å². The molecule has 1 aromatic rings. The van der Waals surface area contributed by atoms with E-state index in [0.29, 0.717) is 24.4 Å². The number of hydrogen-bond acceptors (Lipinski definition) is 4. The third-order valence-electron chi connectivity index (χ3n) is 4.76. The third-order valence-corrected chi connectivity index (χ3v) is 4.76. The van der Waals surface area contributed by atoms with E-state index >= 15 is 0 Å². The van der Waals surface area contributed by atoms with Crippen LogP contribution in [0.15, 0.2) is 24.3 Å². The summed E-state index contributed by atoms with van der Waals surface area (Å²) in [6.07, 6.45) is 2.95. The van der Waals surface area contributed by atoms with Gasteiger partial charge in [-0.3, -0.25) is 19.7 Å². The van der Waals surface area contributed by atoms with E-state index in [2.05, 4.69) is 16.0 Å². The lowest BCUT2D eigenvalue weighted by atomic mass is 9.97. The highest BCUT2D eigenvalue weighted by atomic mass is 16.2. The molecule has 1 aromatic carbocycles. The van der Waals surface area contributed by atoms with Crippen molar-refractivity contribution in [1.82, 2.24) is 16.0 Å². The molecule has 2 atom stereocenters. The van der Waals surface area contributed by atoms with Crippen LogP contribution < -0.4 is 16.0 Å². The van der Waals surface area contributed by atoms with Crippen LogP contribution in [0.4, 0.5) is 0 Å². The van der Waals surface area contributed by atoms with Crippen molar-refractivity contribution < 1.29 is 14.4 Å². The molecule has 0 aromatic heterocycles. The van der Waals surface area contributed by atoms with E-state index in [1.165, 1.54) is 6.42 Å². The van der Waals surface area contributed by atoms with Crippen LogP contribution in [-0.2, 0) is 16.0 Å². The van der Waals surface area contributed by atoms with Crippen molar-refractivity contribution in [2.45, 2.75) is 25.7 Å². The Morgan fingerprint density at radius 1 is 1.21 bits per heavy atom. The maximum absolute atomic E-state index is 12.1. The van der Waals surface area contributed by atoms with Gasteiger partial charge in [-0.05, 0) is 56.0 Å². The monoisotopic (exact) mass is 329 g/mol. The average Bonchev–Trinajstić information content (AvgIpc) is 3.18. The normalized spacial score (nSPS) is 23.3. The fourth-order valence-electron chi connectivity index (χ4n) is 3.30. The first kappa shape index (κ1) is 16.6. The molecule has 6 heteroatoms. The second-order valence-electron chi connectivity index (χ2n) is 6.62. The highest BCUT2D eigenvalue weighted by molar-refractivity contribution is 6.03. The van der Waals surface area contributed by atoms with Gasteiger partial charge in [-0.2, -0.15) is 0 Å². The number of rotatable bonds is 6. The summed E-state index contributed by atoms with van der Waals surface area (Å²) in [5.74, 6) is -0.117. The summed E-state index contributed by atoms with van der Waals surface area (Å²) in [6.45, 7) is 2.81. The van der Waals surface area contributed by atoms with Gasteiger partial charge in [-0.25, -0.2) is 0 Å². The summed E-state index contributed by atoms with van der Waals surface area (Å²) in [7, 11) is 0. The molecular formula is C18H23N3O3. The van der Waals surface area contributed by atoms with Crippen molar-refractivity contribution in [2.24, 2.45) is 11.8 Å². The molecule has 3 N–H and O–H groups in total. The second-order valence-corrected chi connectivity index (χ2v) is 6.62. The maximum Gasteiger partial charge on any atom is 0.251 e. The summed E-state index contributed by atoms with van der Waals surface area (Å²) >= 11 is 0. The first-order chi connectivity index (χ1) is 11.6. The van der Waals surface area contributed by atoms with Crippen molar-refractivity contribution in [3.63, 3.8) is 0 Å². The number of benzene rings is 1. The third kappa shape index (κ3) is 4.20. The summed E-state index contributed by atoms with van der Waals surface area (Å²) in [6, 6.07) is 7.25. The molecule has 6 nitrogen and oxygen atoms in total. The first-order valence-electron chi connectivity index (χ1n) is 8.53. The quantitative estimate of drug-likeness (QED) is 0.668. The van der Waals surface area contributed by atoms with Gasteiger partial charge in [0.2, 0.25) is 11.8 Å². The predicted molar refractivity (Wildman–Crippen MR) is 89.3 cm³/mol. The fraction of sp³-hybridized carbons (Fsp3) is 0.500. The van der Waals surface area contributed by atoms with Gasteiger partial charge in [0.15, 0.2) is 0 Å². The molecule has 0 saturated carbocycles. The zero-order valence-electron chi connectivity index (χ0n) is 13.6. The molecule has 128 valence electrons. The molecular weight excluding hydrogens is 306 g/mol. The molecule has 2 aliphatic rings. The van der Waals surface area contributed by atoms with E-state index in [4.69, 9.17) is 0 Å². The lowest BCUT2D eigenvalue weighted by Gasteiger charge is -2.10. The van der Waals surface area contributed by atoms with Gasteiger partial charge < -0.3 is 10.6 Å². The molecule has 0 radical (unpaired) electrons. The number of amides is 3. The van der Waals surface area contributed by atoms with Crippen LogP contribution in [0.3, 0.4) is 0 Å². The van der Waals surface area contributed by atoms with Gasteiger partial charge in [0.1, 0.15) is 0 Å². The minimum Gasteiger partial charge on any atom is -0.352 e. The lowest BCUT2D eigenvalue weighted by molar-refractivity contribution is -0.125. The number of hydrogen-bond donors (Lipinski definition) is 3. The van der Waals surface area contributed by atoms with Gasteiger partial charge >= 0.3 is 0 Å². The molecule has 2 aliphatic heterocycles. The number of carbonyl (C=O) groups is 3. The Labute approximate surface area is 141 Å². The highest BCUT2D eigenvalue weighted by Crippen LogP contribution is 2.18. The van der Waals surface area contributed by atoms with Crippen LogP contribution in [0.2, 0.25) is 0 Å². The van der Waals surface area contributed by atoms with E-state index in [1.807, 2.05) is 12.1 Å². The van der Waals surface area contributed by atoms with Gasteiger partial charge in [-0.15, -0.1) is 0 Å². The summed E-state index contributed by atoms with van der Waals surface area (Å²) in [5.41, 5.74) is 1.58. The molecule has 3 amide bonds. The molecule has 3 rings (SSSR count). The van der Waals surface area contributed by atoms with Gasteiger partial charge in [0.05, 0.1) is 5.92 Å². The van der Waals surface area contributed by atoms with Crippen LogP contribution >= 0.6 is 0 Å². The number of carbonyl (C=O) groups excluding carboxylic acids is 3. The summed E-state index contributed by atoms with van der Waals surface area (Å²) in [5, 5.41) is 8.59. The van der Waals surface area contributed by atoms with Crippen molar-refractivity contribution in [2.75, 3.05) is 19.6 Å². The Morgan fingerprint density at radius 2 is 2.00 bits per heavy atom. The fourth-order valence-corrected chi connectivity index (χ4v) is 3.30. The molecule has 0 aliphatic carbocycles. The SMILES string of the molecule is O=C1CC(Cc2ccc(C(=O)NCCC3CCNC3)cc2)C(=O)N1. The van der Waals surface area contributed by atoms with Crippen molar-refractivity contribution in [1.29, 1.82) is 0 Å². The number of nitrogens with one attached hydrogen (secondary N) is 3. The number of imide groups is 1. The van der Waals surface area contributed by atoms with E-state index in [0.717, 1.165) is 25.1 Å². The standard InChI is InChI=1S/C18H23N3O3/c22-16-10-15(18(24)21-16)9-12-1-3-14(4-2-12)17(23)20-8-6-13-5-7-19-11-13/h1-4,13,15,19H,5-11H2,(H,20,23)(H,21,22,24). The Hall–Kier alpha value is -2.21. The van der Waals surface area contributed by atoms with Crippen LogP contribution in [-0.4, -0.2) is 37.4 Å². The molecule has 2 saturated heterocycles. The van der Waals surface area contributed by atoms with E-state index < -0.39 is 0 Å². The van der Waals surface area contributed by atoms with Crippen molar-refractivity contribution in [3.8, 4) is 0 Å². The predicted octanol–water partition coefficient (Wildman–Crippen LogP) is 0.621. The zero-order chi connectivity index (χ0) is 16.9. The van der Waals surface area contributed by atoms with E-state index in [-0.39, 0.29) is 30.1 Å². The molecule has 0 bridgehead atoms.